The molecule has 0 spiro atoms. The van der Waals surface area contributed by atoms with E-state index in [1.807, 2.05) is 31.3 Å². The molecule has 1 aromatic carbocycles. The number of piperidine rings is 1. The molecular weight excluding hydrogens is 408 g/mol. The maximum absolute atomic E-state index is 6.17. The molecule has 172 valence electrons. The van der Waals surface area contributed by atoms with Crippen molar-refractivity contribution in [2.24, 2.45) is 0 Å². The Hall–Kier alpha value is -3.07. The van der Waals surface area contributed by atoms with Gasteiger partial charge in [-0.05, 0) is 50.4 Å². The Morgan fingerprint density at radius 2 is 1.97 bits per heavy atom. The van der Waals surface area contributed by atoms with Gasteiger partial charge in [0.05, 0.1) is 26.5 Å². The van der Waals surface area contributed by atoms with Crippen molar-refractivity contribution in [3.8, 4) is 17.5 Å². The number of hydrogen-bond donors (Lipinski definition) is 2. The zero-order valence-electron chi connectivity index (χ0n) is 19.4. The van der Waals surface area contributed by atoms with Gasteiger partial charge in [0.25, 0.3) is 0 Å². The van der Waals surface area contributed by atoms with Crippen LogP contribution >= 0.6 is 0 Å². The average molecular weight is 441 g/mol. The lowest BCUT2D eigenvalue weighted by atomic mass is 10.1. The summed E-state index contributed by atoms with van der Waals surface area (Å²) in [6, 6.07) is 5.97. The highest BCUT2D eigenvalue weighted by molar-refractivity contribution is 5.54. The minimum Gasteiger partial charge on any atom is -0.497 e. The summed E-state index contributed by atoms with van der Waals surface area (Å²) in [5.74, 6) is 2.37. The Bertz CT molecular complexity index is 1060. The average Bonchev–Trinajstić information content (AvgIpc) is 3.24. The SMILES string of the molecule is COc1ccc(OC)c(C(C)Nc2nc(OC3CCCNC3)nc3c(C(C)C)cnn23)c1. The first kappa shape index (κ1) is 22.1. The summed E-state index contributed by atoms with van der Waals surface area (Å²) >= 11 is 0. The lowest BCUT2D eigenvalue weighted by Gasteiger charge is -2.23. The topological polar surface area (TPSA) is 94.8 Å². The van der Waals surface area contributed by atoms with E-state index in [2.05, 4.69) is 34.6 Å². The smallest absolute Gasteiger partial charge is 0.322 e. The summed E-state index contributed by atoms with van der Waals surface area (Å²) < 4.78 is 18.9. The Kier molecular flexibility index (Phi) is 6.64. The van der Waals surface area contributed by atoms with Gasteiger partial charge in [-0.1, -0.05) is 13.8 Å². The van der Waals surface area contributed by atoms with Gasteiger partial charge in [0.15, 0.2) is 5.65 Å². The Labute approximate surface area is 188 Å². The molecule has 3 heterocycles. The van der Waals surface area contributed by atoms with Crippen molar-refractivity contribution in [3.05, 3.63) is 35.5 Å². The molecule has 1 aliphatic rings. The zero-order chi connectivity index (χ0) is 22.7. The van der Waals surface area contributed by atoms with Crippen LogP contribution in [0, 0.1) is 0 Å². The maximum atomic E-state index is 6.17. The molecule has 1 fully saturated rings. The summed E-state index contributed by atoms with van der Waals surface area (Å²) in [5.41, 5.74) is 2.75. The Balaban J connectivity index is 1.70. The van der Waals surface area contributed by atoms with Crippen LogP contribution in [-0.4, -0.2) is 53.0 Å². The lowest BCUT2D eigenvalue weighted by molar-refractivity contribution is 0.153. The van der Waals surface area contributed by atoms with Crippen LogP contribution in [0.15, 0.2) is 24.4 Å². The van der Waals surface area contributed by atoms with Crippen LogP contribution in [-0.2, 0) is 0 Å². The summed E-state index contributed by atoms with van der Waals surface area (Å²) in [6.45, 7) is 8.12. The van der Waals surface area contributed by atoms with Gasteiger partial charge in [0.1, 0.15) is 17.6 Å². The number of ether oxygens (including phenoxy) is 3. The minimum absolute atomic E-state index is 0.0559. The number of anilines is 1. The first-order valence-electron chi connectivity index (χ1n) is 11.1. The van der Waals surface area contributed by atoms with E-state index in [0.29, 0.717) is 12.0 Å². The first-order valence-corrected chi connectivity index (χ1v) is 11.1. The summed E-state index contributed by atoms with van der Waals surface area (Å²) in [5, 5.41) is 11.4. The van der Waals surface area contributed by atoms with E-state index in [-0.39, 0.29) is 18.1 Å². The fourth-order valence-electron chi connectivity index (χ4n) is 3.95. The predicted molar refractivity (Wildman–Crippen MR) is 123 cm³/mol. The van der Waals surface area contributed by atoms with Crippen LogP contribution in [0.2, 0.25) is 0 Å². The largest absolute Gasteiger partial charge is 0.497 e. The van der Waals surface area contributed by atoms with Gasteiger partial charge in [-0.2, -0.15) is 19.6 Å². The van der Waals surface area contributed by atoms with Crippen LogP contribution in [0.3, 0.4) is 0 Å². The first-order chi connectivity index (χ1) is 15.5. The molecular formula is C23H32N6O3. The molecule has 0 radical (unpaired) electrons. The Morgan fingerprint density at radius 3 is 2.66 bits per heavy atom. The Morgan fingerprint density at radius 1 is 1.12 bits per heavy atom. The number of rotatable bonds is 8. The maximum Gasteiger partial charge on any atom is 0.322 e. The second-order valence-corrected chi connectivity index (χ2v) is 8.38. The summed E-state index contributed by atoms with van der Waals surface area (Å²) in [4.78, 5) is 9.39. The van der Waals surface area contributed by atoms with E-state index >= 15 is 0 Å². The van der Waals surface area contributed by atoms with Crippen LogP contribution in [0.4, 0.5) is 5.95 Å². The van der Waals surface area contributed by atoms with Crippen molar-refractivity contribution < 1.29 is 14.2 Å². The summed E-state index contributed by atoms with van der Waals surface area (Å²) in [6.07, 6.45) is 3.97. The molecule has 2 unspecified atom stereocenters. The minimum atomic E-state index is -0.131. The van der Waals surface area contributed by atoms with Crippen LogP contribution < -0.4 is 24.8 Å². The third kappa shape index (κ3) is 4.57. The van der Waals surface area contributed by atoms with Crippen molar-refractivity contribution in [3.63, 3.8) is 0 Å². The standard InChI is InChI=1S/C23H32N6O3/c1-14(2)19-13-25-29-21(19)27-23(32-17-7-6-10-24-12-17)28-22(29)26-15(3)18-11-16(30-4)8-9-20(18)31-5/h8-9,11,13-15,17,24H,6-7,10,12H2,1-5H3,(H,26,27,28). The van der Waals surface area contributed by atoms with Crippen molar-refractivity contribution in [2.75, 3.05) is 32.6 Å². The van der Waals surface area contributed by atoms with Gasteiger partial charge in [0.2, 0.25) is 5.95 Å². The predicted octanol–water partition coefficient (Wildman–Crippen LogP) is 3.57. The molecule has 9 heteroatoms. The molecule has 2 N–H and O–H groups in total. The molecule has 0 aliphatic carbocycles. The highest BCUT2D eigenvalue weighted by Crippen LogP contribution is 2.32. The van der Waals surface area contributed by atoms with Crippen molar-refractivity contribution in [1.82, 2.24) is 24.9 Å². The molecule has 0 saturated carbocycles. The molecule has 2 aromatic heterocycles. The van der Waals surface area contributed by atoms with E-state index in [9.17, 15) is 0 Å². The van der Waals surface area contributed by atoms with Gasteiger partial charge >= 0.3 is 6.01 Å². The zero-order valence-corrected chi connectivity index (χ0v) is 19.4. The molecule has 32 heavy (non-hydrogen) atoms. The number of aromatic nitrogens is 4. The second-order valence-electron chi connectivity index (χ2n) is 8.38. The molecule has 3 aromatic rings. The van der Waals surface area contributed by atoms with Crippen molar-refractivity contribution >= 4 is 11.6 Å². The molecule has 0 bridgehead atoms. The molecule has 1 aliphatic heterocycles. The molecule has 0 amide bonds. The van der Waals surface area contributed by atoms with E-state index in [4.69, 9.17) is 19.2 Å². The number of nitrogens with zero attached hydrogens (tertiary/aromatic N) is 4. The lowest BCUT2D eigenvalue weighted by Crippen LogP contribution is -2.37. The van der Waals surface area contributed by atoms with E-state index in [1.165, 1.54) is 0 Å². The van der Waals surface area contributed by atoms with E-state index < -0.39 is 0 Å². The van der Waals surface area contributed by atoms with Gasteiger partial charge in [-0.25, -0.2) is 0 Å². The highest BCUT2D eigenvalue weighted by atomic mass is 16.5. The van der Waals surface area contributed by atoms with E-state index in [1.54, 1.807) is 18.7 Å². The van der Waals surface area contributed by atoms with Crippen LogP contribution in [0.1, 0.15) is 56.7 Å². The quantitative estimate of drug-likeness (QED) is 0.549. The van der Waals surface area contributed by atoms with E-state index in [0.717, 1.165) is 54.2 Å². The van der Waals surface area contributed by atoms with Crippen molar-refractivity contribution in [1.29, 1.82) is 0 Å². The molecule has 2 atom stereocenters. The fourth-order valence-corrected chi connectivity index (χ4v) is 3.95. The molecule has 4 rings (SSSR count). The third-order valence-electron chi connectivity index (χ3n) is 5.77. The number of benzene rings is 1. The second kappa shape index (κ2) is 9.60. The van der Waals surface area contributed by atoms with Gasteiger partial charge in [0, 0.05) is 17.7 Å². The normalized spacial score (nSPS) is 17.4. The highest BCUT2D eigenvalue weighted by Gasteiger charge is 2.22. The number of methoxy groups -OCH3 is 2. The fraction of sp³-hybridized carbons (Fsp3) is 0.522. The van der Waals surface area contributed by atoms with Crippen LogP contribution in [0.5, 0.6) is 17.5 Å². The number of nitrogens with one attached hydrogen (secondary N) is 2. The van der Waals surface area contributed by atoms with Crippen molar-refractivity contribution in [2.45, 2.75) is 51.7 Å². The monoisotopic (exact) mass is 440 g/mol. The molecule has 9 nitrogen and oxygen atoms in total. The number of fused-ring (bicyclic) bond motifs is 1. The van der Waals surface area contributed by atoms with Crippen LogP contribution in [0.25, 0.3) is 5.65 Å². The van der Waals surface area contributed by atoms with Gasteiger partial charge in [-0.3, -0.25) is 0 Å². The third-order valence-corrected chi connectivity index (χ3v) is 5.77. The van der Waals surface area contributed by atoms with Gasteiger partial charge in [-0.15, -0.1) is 0 Å². The van der Waals surface area contributed by atoms with Gasteiger partial charge < -0.3 is 24.8 Å². The summed E-state index contributed by atoms with van der Waals surface area (Å²) in [7, 11) is 3.31. The molecule has 1 saturated heterocycles. The number of hydrogen-bond acceptors (Lipinski definition) is 8.